The van der Waals surface area contributed by atoms with E-state index in [0.717, 1.165) is 42.7 Å². The third-order valence-electron chi connectivity index (χ3n) is 5.92. The molecule has 4 saturated carbocycles. The zero-order valence-electron chi connectivity index (χ0n) is 11.0. The van der Waals surface area contributed by atoms with Crippen molar-refractivity contribution in [2.75, 3.05) is 6.54 Å². The third kappa shape index (κ3) is 1.87. The summed E-state index contributed by atoms with van der Waals surface area (Å²) in [6.45, 7) is 0.849. The van der Waals surface area contributed by atoms with E-state index in [9.17, 15) is 4.79 Å². The average Bonchev–Trinajstić information content (AvgIpc) is 2.35. The first-order valence-electron chi connectivity index (χ1n) is 7.80. The van der Waals surface area contributed by atoms with Crippen LogP contribution in [0.15, 0.2) is 0 Å². The maximum absolute atomic E-state index is 11.2. The molecule has 1 atom stereocenters. The lowest BCUT2D eigenvalue weighted by Gasteiger charge is -2.55. The van der Waals surface area contributed by atoms with Crippen molar-refractivity contribution in [2.24, 2.45) is 23.7 Å². The third-order valence-corrected chi connectivity index (χ3v) is 5.92. The number of hydrogen-bond donors (Lipinski definition) is 2. The van der Waals surface area contributed by atoms with Crippen molar-refractivity contribution in [1.29, 1.82) is 0 Å². The highest BCUT2D eigenvalue weighted by molar-refractivity contribution is 5.76. The molecule has 1 saturated heterocycles. The summed E-state index contributed by atoms with van der Waals surface area (Å²) >= 11 is 0. The van der Waals surface area contributed by atoms with Crippen LogP contribution < -0.4 is 10.6 Å². The molecule has 1 amide bonds. The molecule has 0 aromatic carbocycles. The Balaban J connectivity index is 1.41. The topological polar surface area (TPSA) is 41.1 Å². The average molecular weight is 248 g/mol. The Kier molecular flexibility index (Phi) is 2.65. The summed E-state index contributed by atoms with van der Waals surface area (Å²) in [4.78, 5) is 11.2. The SMILES string of the molecule is O=C1CCC(NC2C3CC4CC(C3)CC2C4)CN1. The molecule has 2 N–H and O–H groups in total. The van der Waals surface area contributed by atoms with Crippen molar-refractivity contribution < 1.29 is 4.79 Å². The van der Waals surface area contributed by atoms with Crippen LogP contribution in [0.5, 0.6) is 0 Å². The van der Waals surface area contributed by atoms with Crippen LogP contribution in [0.2, 0.25) is 0 Å². The van der Waals surface area contributed by atoms with Gasteiger partial charge in [0, 0.05) is 25.0 Å². The van der Waals surface area contributed by atoms with Gasteiger partial charge in [-0.1, -0.05) is 0 Å². The van der Waals surface area contributed by atoms with E-state index in [1.54, 1.807) is 0 Å². The maximum Gasteiger partial charge on any atom is 0.220 e. The Labute approximate surface area is 109 Å². The second kappa shape index (κ2) is 4.22. The van der Waals surface area contributed by atoms with Gasteiger partial charge < -0.3 is 10.6 Å². The first kappa shape index (κ1) is 11.3. The Bertz CT molecular complexity index is 316. The highest BCUT2D eigenvalue weighted by Crippen LogP contribution is 2.53. The number of nitrogens with one attached hydrogen (secondary N) is 2. The van der Waals surface area contributed by atoms with E-state index < -0.39 is 0 Å². The predicted molar refractivity (Wildman–Crippen MR) is 70.0 cm³/mol. The Hall–Kier alpha value is -0.570. The molecule has 0 radical (unpaired) electrons. The fraction of sp³-hybridized carbons (Fsp3) is 0.933. The van der Waals surface area contributed by atoms with E-state index in [0.29, 0.717) is 12.5 Å². The minimum absolute atomic E-state index is 0.234. The molecule has 0 aromatic heterocycles. The van der Waals surface area contributed by atoms with Crippen molar-refractivity contribution in [1.82, 2.24) is 10.6 Å². The zero-order valence-corrected chi connectivity index (χ0v) is 11.0. The van der Waals surface area contributed by atoms with Crippen LogP contribution >= 0.6 is 0 Å². The molecule has 3 heteroatoms. The molecule has 1 heterocycles. The van der Waals surface area contributed by atoms with Gasteiger partial charge in [-0.25, -0.2) is 0 Å². The number of amides is 1. The number of carbonyl (C=O) groups is 1. The predicted octanol–water partition coefficient (Wildman–Crippen LogP) is 1.68. The van der Waals surface area contributed by atoms with Gasteiger partial charge in [0.25, 0.3) is 0 Å². The summed E-state index contributed by atoms with van der Waals surface area (Å²) in [6.07, 6.45) is 9.18. The normalized spacial score (nSPS) is 50.3. The molecule has 100 valence electrons. The van der Waals surface area contributed by atoms with Crippen LogP contribution in [-0.2, 0) is 4.79 Å². The van der Waals surface area contributed by atoms with E-state index in [-0.39, 0.29) is 5.91 Å². The molecule has 5 fully saturated rings. The van der Waals surface area contributed by atoms with Crippen molar-refractivity contribution >= 4 is 5.91 Å². The summed E-state index contributed by atoms with van der Waals surface area (Å²) in [5, 5.41) is 6.91. The van der Waals surface area contributed by atoms with Crippen LogP contribution in [0.1, 0.15) is 44.9 Å². The molecule has 1 unspecified atom stereocenters. The fourth-order valence-electron chi connectivity index (χ4n) is 5.34. The molecule has 5 aliphatic rings. The van der Waals surface area contributed by atoms with Crippen LogP contribution in [-0.4, -0.2) is 24.5 Å². The van der Waals surface area contributed by atoms with Gasteiger partial charge in [-0.3, -0.25) is 4.79 Å². The number of rotatable bonds is 2. The molecule has 0 aromatic rings. The van der Waals surface area contributed by atoms with Gasteiger partial charge >= 0.3 is 0 Å². The largest absolute Gasteiger partial charge is 0.355 e. The zero-order chi connectivity index (χ0) is 12.1. The van der Waals surface area contributed by atoms with Crippen LogP contribution in [0, 0.1) is 23.7 Å². The van der Waals surface area contributed by atoms with Gasteiger partial charge in [0.1, 0.15) is 0 Å². The van der Waals surface area contributed by atoms with Gasteiger partial charge in [-0.15, -0.1) is 0 Å². The summed E-state index contributed by atoms with van der Waals surface area (Å²) in [5.74, 6) is 4.23. The van der Waals surface area contributed by atoms with E-state index in [1.807, 2.05) is 0 Å². The smallest absolute Gasteiger partial charge is 0.220 e. The first-order valence-corrected chi connectivity index (χ1v) is 7.80. The molecule has 4 aliphatic carbocycles. The van der Waals surface area contributed by atoms with Gasteiger partial charge in [0.2, 0.25) is 5.91 Å². The van der Waals surface area contributed by atoms with Crippen LogP contribution in [0.3, 0.4) is 0 Å². The minimum atomic E-state index is 0.234. The van der Waals surface area contributed by atoms with Gasteiger partial charge in [0.05, 0.1) is 0 Å². The maximum atomic E-state index is 11.2. The Morgan fingerprint density at radius 3 is 2.22 bits per heavy atom. The summed E-state index contributed by atoms with van der Waals surface area (Å²) in [5.41, 5.74) is 0. The standard InChI is InChI=1S/C15H24N2O/c18-14-2-1-13(8-16-14)17-15-11-4-9-3-10(6-11)7-12(15)5-9/h9-13,15,17H,1-8H2,(H,16,18). The van der Waals surface area contributed by atoms with Crippen molar-refractivity contribution in [3.63, 3.8) is 0 Å². The fourth-order valence-corrected chi connectivity index (χ4v) is 5.34. The number of piperidine rings is 1. The van der Waals surface area contributed by atoms with Gasteiger partial charge in [0.15, 0.2) is 0 Å². The molecular weight excluding hydrogens is 224 g/mol. The van der Waals surface area contributed by atoms with Crippen molar-refractivity contribution in [3.05, 3.63) is 0 Å². The molecule has 5 rings (SSSR count). The van der Waals surface area contributed by atoms with E-state index in [2.05, 4.69) is 10.6 Å². The van der Waals surface area contributed by atoms with Crippen LogP contribution in [0.4, 0.5) is 0 Å². The Morgan fingerprint density at radius 2 is 1.67 bits per heavy atom. The lowest BCUT2D eigenvalue weighted by atomic mass is 9.54. The monoisotopic (exact) mass is 248 g/mol. The number of hydrogen-bond acceptors (Lipinski definition) is 2. The molecule has 0 spiro atoms. The quantitative estimate of drug-likeness (QED) is 0.780. The van der Waals surface area contributed by atoms with E-state index >= 15 is 0 Å². The van der Waals surface area contributed by atoms with E-state index in [1.165, 1.54) is 32.1 Å². The first-order chi connectivity index (χ1) is 8.78. The molecule has 3 nitrogen and oxygen atoms in total. The molecule has 4 bridgehead atoms. The van der Waals surface area contributed by atoms with Gasteiger partial charge in [-0.05, 0) is 62.2 Å². The lowest BCUT2D eigenvalue weighted by molar-refractivity contribution is -0.122. The Morgan fingerprint density at radius 1 is 1.00 bits per heavy atom. The summed E-state index contributed by atoms with van der Waals surface area (Å²) < 4.78 is 0. The lowest BCUT2D eigenvalue weighted by Crippen LogP contribution is -2.59. The highest BCUT2D eigenvalue weighted by Gasteiger charge is 2.48. The molecule has 1 aliphatic heterocycles. The second-order valence-corrected chi connectivity index (χ2v) is 7.16. The van der Waals surface area contributed by atoms with Crippen molar-refractivity contribution in [3.8, 4) is 0 Å². The second-order valence-electron chi connectivity index (χ2n) is 7.16. The van der Waals surface area contributed by atoms with Crippen LogP contribution in [0.25, 0.3) is 0 Å². The minimum Gasteiger partial charge on any atom is -0.355 e. The van der Waals surface area contributed by atoms with Gasteiger partial charge in [-0.2, -0.15) is 0 Å². The highest BCUT2D eigenvalue weighted by atomic mass is 16.1. The number of carbonyl (C=O) groups excluding carboxylic acids is 1. The summed E-state index contributed by atoms with van der Waals surface area (Å²) in [7, 11) is 0. The summed E-state index contributed by atoms with van der Waals surface area (Å²) in [6, 6.07) is 1.29. The molecule has 18 heavy (non-hydrogen) atoms. The molecular formula is C15H24N2O. The van der Waals surface area contributed by atoms with Crippen molar-refractivity contribution in [2.45, 2.75) is 57.0 Å². The van der Waals surface area contributed by atoms with E-state index in [4.69, 9.17) is 0 Å².